The van der Waals surface area contributed by atoms with E-state index in [0.717, 1.165) is 6.54 Å². The fraction of sp³-hybridized carbons (Fsp3) is 0.667. The molecule has 0 amide bonds. The van der Waals surface area contributed by atoms with Crippen LogP contribution >= 0.6 is 0 Å². The minimum atomic E-state index is 0.559. The Balaban J connectivity index is 2.08. The van der Waals surface area contributed by atoms with Gasteiger partial charge in [0.1, 0.15) is 5.82 Å². The first-order valence-corrected chi connectivity index (χ1v) is 4.73. The van der Waals surface area contributed by atoms with Gasteiger partial charge in [0, 0.05) is 18.8 Å². The van der Waals surface area contributed by atoms with Crippen molar-refractivity contribution < 1.29 is 0 Å². The van der Waals surface area contributed by atoms with E-state index in [2.05, 4.69) is 21.5 Å². The average molecular weight is 180 g/mol. The van der Waals surface area contributed by atoms with Crippen LogP contribution < -0.4 is 5.73 Å². The molecule has 1 aromatic heterocycles. The van der Waals surface area contributed by atoms with Crippen molar-refractivity contribution in [1.82, 2.24) is 14.5 Å². The van der Waals surface area contributed by atoms with Crippen LogP contribution in [0.3, 0.4) is 0 Å². The van der Waals surface area contributed by atoms with Gasteiger partial charge in [0.25, 0.3) is 0 Å². The van der Waals surface area contributed by atoms with E-state index < -0.39 is 0 Å². The van der Waals surface area contributed by atoms with E-state index in [1.54, 1.807) is 0 Å². The summed E-state index contributed by atoms with van der Waals surface area (Å²) in [5.74, 6) is 0.619. The number of rotatable bonds is 1. The van der Waals surface area contributed by atoms with E-state index in [1.165, 1.54) is 19.4 Å². The van der Waals surface area contributed by atoms with Crippen LogP contribution in [-0.2, 0) is 0 Å². The van der Waals surface area contributed by atoms with E-state index in [9.17, 15) is 0 Å². The van der Waals surface area contributed by atoms with Gasteiger partial charge in [-0.25, -0.2) is 4.98 Å². The summed E-state index contributed by atoms with van der Waals surface area (Å²) in [6.45, 7) is 2.32. The number of hydrogen-bond acceptors (Lipinski definition) is 3. The molecule has 0 aromatic carbocycles. The number of nitrogen functional groups attached to an aromatic ring is 1. The van der Waals surface area contributed by atoms with Crippen molar-refractivity contribution in [3.63, 3.8) is 0 Å². The highest BCUT2D eigenvalue weighted by Crippen LogP contribution is 2.20. The van der Waals surface area contributed by atoms with Crippen LogP contribution in [0, 0.1) is 0 Å². The lowest BCUT2D eigenvalue weighted by Gasteiger charge is -2.30. The van der Waals surface area contributed by atoms with Gasteiger partial charge in [0.15, 0.2) is 0 Å². The van der Waals surface area contributed by atoms with E-state index >= 15 is 0 Å². The lowest BCUT2D eigenvalue weighted by atomic mass is 10.1. The maximum absolute atomic E-state index is 5.57. The van der Waals surface area contributed by atoms with E-state index in [1.807, 2.05) is 12.5 Å². The predicted molar refractivity (Wildman–Crippen MR) is 52.4 cm³/mol. The van der Waals surface area contributed by atoms with Crippen molar-refractivity contribution in [2.45, 2.75) is 18.9 Å². The fourth-order valence-corrected chi connectivity index (χ4v) is 1.93. The quantitative estimate of drug-likeness (QED) is 0.693. The molecule has 1 aliphatic heterocycles. The number of hydrogen-bond donors (Lipinski definition) is 1. The van der Waals surface area contributed by atoms with Crippen LogP contribution in [0.25, 0.3) is 0 Å². The van der Waals surface area contributed by atoms with Crippen LogP contribution in [0.5, 0.6) is 0 Å². The van der Waals surface area contributed by atoms with Crippen molar-refractivity contribution in [1.29, 1.82) is 0 Å². The normalized spacial score (nSPS) is 24.8. The summed E-state index contributed by atoms with van der Waals surface area (Å²) in [6.07, 6.45) is 6.25. The molecule has 72 valence electrons. The molecule has 1 fully saturated rings. The van der Waals surface area contributed by atoms with Gasteiger partial charge in [-0.2, -0.15) is 0 Å². The summed E-state index contributed by atoms with van der Waals surface area (Å²) in [4.78, 5) is 6.39. The van der Waals surface area contributed by atoms with Crippen molar-refractivity contribution >= 4 is 5.82 Å². The number of aromatic nitrogens is 2. The number of anilines is 1. The number of likely N-dealkylation sites (N-methyl/N-ethyl adjacent to an activating group) is 1. The monoisotopic (exact) mass is 180 g/mol. The molecule has 1 aromatic rings. The number of nitrogens with zero attached hydrogens (tertiary/aromatic N) is 3. The lowest BCUT2D eigenvalue weighted by molar-refractivity contribution is 0.212. The SMILES string of the molecule is CN1CCCC(n2cnc(N)c2)C1. The number of imidazole rings is 1. The minimum absolute atomic E-state index is 0.559. The Morgan fingerprint density at radius 2 is 2.46 bits per heavy atom. The fourth-order valence-electron chi connectivity index (χ4n) is 1.93. The standard InChI is InChI=1S/C9H16N4/c1-12-4-2-3-8(5-12)13-6-9(10)11-7-13/h6-8H,2-5,10H2,1H3. The molecule has 1 aliphatic rings. The summed E-state index contributed by atoms with van der Waals surface area (Å²) >= 11 is 0. The maximum atomic E-state index is 5.57. The Hall–Kier alpha value is -1.03. The second kappa shape index (κ2) is 3.38. The van der Waals surface area contributed by atoms with Gasteiger partial charge in [-0.1, -0.05) is 0 Å². The first-order valence-electron chi connectivity index (χ1n) is 4.73. The van der Waals surface area contributed by atoms with Gasteiger partial charge in [0.05, 0.1) is 6.33 Å². The molecule has 1 unspecified atom stereocenters. The molecule has 0 bridgehead atoms. The smallest absolute Gasteiger partial charge is 0.141 e. The molecule has 1 atom stereocenters. The van der Waals surface area contributed by atoms with Crippen LogP contribution in [-0.4, -0.2) is 34.6 Å². The Bertz CT molecular complexity index is 281. The van der Waals surface area contributed by atoms with Gasteiger partial charge in [-0.15, -0.1) is 0 Å². The first-order chi connectivity index (χ1) is 6.25. The van der Waals surface area contributed by atoms with E-state index in [0.29, 0.717) is 11.9 Å². The number of piperidine rings is 1. The molecule has 2 rings (SSSR count). The highest BCUT2D eigenvalue weighted by Gasteiger charge is 2.18. The zero-order valence-electron chi connectivity index (χ0n) is 7.98. The van der Waals surface area contributed by atoms with Gasteiger partial charge in [-0.3, -0.25) is 0 Å². The molecule has 0 saturated carbocycles. The first kappa shape index (κ1) is 8.56. The predicted octanol–water partition coefficient (Wildman–Crippen LogP) is 0.732. The summed E-state index contributed by atoms with van der Waals surface area (Å²) in [5, 5.41) is 0. The molecule has 2 N–H and O–H groups in total. The third kappa shape index (κ3) is 1.83. The van der Waals surface area contributed by atoms with Crippen molar-refractivity contribution in [3.05, 3.63) is 12.5 Å². The molecule has 13 heavy (non-hydrogen) atoms. The van der Waals surface area contributed by atoms with Gasteiger partial charge in [-0.05, 0) is 26.4 Å². The Kier molecular flexibility index (Phi) is 2.22. The number of likely N-dealkylation sites (tertiary alicyclic amines) is 1. The van der Waals surface area contributed by atoms with Gasteiger partial charge >= 0.3 is 0 Å². The third-order valence-corrected chi connectivity index (χ3v) is 2.64. The second-order valence-electron chi connectivity index (χ2n) is 3.80. The maximum Gasteiger partial charge on any atom is 0.141 e. The molecule has 0 radical (unpaired) electrons. The molecule has 4 nitrogen and oxygen atoms in total. The molecule has 0 spiro atoms. The Labute approximate surface area is 78.4 Å². The second-order valence-corrected chi connectivity index (χ2v) is 3.80. The van der Waals surface area contributed by atoms with Crippen LogP contribution in [0.1, 0.15) is 18.9 Å². The highest BCUT2D eigenvalue weighted by molar-refractivity contribution is 5.22. The largest absolute Gasteiger partial charge is 0.382 e. The molecule has 4 heteroatoms. The Morgan fingerprint density at radius 1 is 1.62 bits per heavy atom. The van der Waals surface area contributed by atoms with Gasteiger partial charge < -0.3 is 15.2 Å². The molecule has 1 saturated heterocycles. The number of nitrogens with two attached hydrogens (primary N) is 1. The van der Waals surface area contributed by atoms with E-state index in [-0.39, 0.29) is 0 Å². The van der Waals surface area contributed by atoms with E-state index in [4.69, 9.17) is 5.73 Å². The van der Waals surface area contributed by atoms with Crippen molar-refractivity contribution in [2.75, 3.05) is 25.9 Å². The molecular formula is C9H16N4. The highest BCUT2D eigenvalue weighted by atomic mass is 15.2. The third-order valence-electron chi connectivity index (χ3n) is 2.64. The van der Waals surface area contributed by atoms with Crippen molar-refractivity contribution in [2.24, 2.45) is 0 Å². The van der Waals surface area contributed by atoms with Crippen LogP contribution in [0.15, 0.2) is 12.5 Å². The summed E-state index contributed by atoms with van der Waals surface area (Å²) in [7, 11) is 2.16. The summed E-state index contributed by atoms with van der Waals surface area (Å²) in [5.41, 5.74) is 5.57. The topological polar surface area (TPSA) is 47.1 Å². The van der Waals surface area contributed by atoms with Crippen LogP contribution in [0.4, 0.5) is 5.82 Å². The van der Waals surface area contributed by atoms with Gasteiger partial charge in [0.2, 0.25) is 0 Å². The molecule has 0 aliphatic carbocycles. The summed E-state index contributed by atoms with van der Waals surface area (Å²) in [6, 6.07) is 0.559. The minimum Gasteiger partial charge on any atom is -0.382 e. The molecule has 2 heterocycles. The zero-order valence-corrected chi connectivity index (χ0v) is 7.98. The summed E-state index contributed by atoms with van der Waals surface area (Å²) < 4.78 is 2.13. The lowest BCUT2D eigenvalue weighted by Crippen LogP contribution is -2.33. The average Bonchev–Trinajstić information content (AvgIpc) is 2.52. The van der Waals surface area contributed by atoms with Crippen LogP contribution in [0.2, 0.25) is 0 Å². The Morgan fingerprint density at radius 3 is 3.08 bits per heavy atom. The van der Waals surface area contributed by atoms with Crippen molar-refractivity contribution in [3.8, 4) is 0 Å². The molecular weight excluding hydrogens is 164 g/mol. The zero-order chi connectivity index (χ0) is 9.26.